The number of para-hydroxylation sites is 2. The van der Waals surface area contributed by atoms with Crippen molar-refractivity contribution in [2.45, 2.75) is 19.4 Å². The summed E-state index contributed by atoms with van der Waals surface area (Å²) in [6.45, 7) is 2.57. The van der Waals surface area contributed by atoms with Crippen LogP contribution in [0.1, 0.15) is 13.3 Å². The van der Waals surface area contributed by atoms with E-state index in [1.165, 1.54) is 4.90 Å². The number of benzene rings is 2. The molecule has 2 aromatic rings. The van der Waals surface area contributed by atoms with Crippen LogP contribution < -0.4 is 24.4 Å². The number of hydrogen-bond donors (Lipinski definition) is 1. The molecule has 4 rings (SSSR count). The third-order valence-electron chi connectivity index (χ3n) is 4.49. The number of hydrogen-bond acceptors (Lipinski definition) is 5. The van der Waals surface area contributed by atoms with Crippen LogP contribution in [0.3, 0.4) is 0 Å². The van der Waals surface area contributed by atoms with Crippen LogP contribution in [0.25, 0.3) is 0 Å². The summed E-state index contributed by atoms with van der Waals surface area (Å²) in [6.07, 6.45) is 0.106. The molecule has 7 nitrogen and oxygen atoms in total. The molecule has 0 fully saturated rings. The number of nitrogens with zero attached hydrogens (tertiary/aromatic N) is 1. The Kier molecular flexibility index (Phi) is 5.00. The lowest BCUT2D eigenvalue weighted by atomic mass is 10.2. The van der Waals surface area contributed by atoms with Gasteiger partial charge >= 0.3 is 0 Å². The van der Waals surface area contributed by atoms with Crippen molar-refractivity contribution < 1.29 is 23.8 Å². The predicted molar refractivity (Wildman–Crippen MR) is 105 cm³/mol. The fourth-order valence-electron chi connectivity index (χ4n) is 3.13. The standard InChI is InChI=1S/C20H19ClN2O5/c1-12-20(25)23(15-5-2-3-6-16(15)28-12)11-19(24)22-14-10-18-17(9-13(14)21)26-7-4-8-27-18/h2-3,5-6,9-10,12H,4,7-8,11H2,1H3,(H,22,24). The maximum Gasteiger partial charge on any atom is 0.268 e. The van der Waals surface area contributed by atoms with Gasteiger partial charge in [0.2, 0.25) is 5.91 Å². The topological polar surface area (TPSA) is 77.1 Å². The lowest BCUT2D eigenvalue weighted by molar-refractivity contribution is -0.127. The van der Waals surface area contributed by atoms with E-state index >= 15 is 0 Å². The number of carbonyl (C=O) groups is 2. The number of halogens is 1. The zero-order chi connectivity index (χ0) is 19.7. The molecule has 1 N–H and O–H groups in total. The van der Waals surface area contributed by atoms with Gasteiger partial charge in [0.15, 0.2) is 17.6 Å². The summed E-state index contributed by atoms with van der Waals surface area (Å²) in [5, 5.41) is 3.09. The molecule has 146 valence electrons. The van der Waals surface area contributed by atoms with Crippen LogP contribution in [-0.4, -0.2) is 37.7 Å². The number of rotatable bonds is 3. The van der Waals surface area contributed by atoms with Gasteiger partial charge in [-0.15, -0.1) is 0 Å². The first-order valence-corrected chi connectivity index (χ1v) is 9.37. The summed E-state index contributed by atoms with van der Waals surface area (Å²) < 4.78 is 16.8. The van der Waals surface area contributed by atoms with Gasteiger partial charge in [-0.25, -0.2) is 0 Å². The van der Waals surface area contributed by atoms with Gasteiger partial charge in [-0.3, -0.25) is 14.5 Å². The molecule has 2 aliphatic heterocycles. The Morgan fingerprint density at radius 1 is 1.18 bits per heavy atom. The molecule has 1 atom stereocenters. The van der Waals surface area contributed by atoms with Crippen LogP contribution in [0.4, 0.5) is 11.4 Å². The number of fused-ring (bicyclic) bond motifs is 2. The van der Waals surface area contributed by atoms with Crippen molar-refractivity contribution in [2.75, 3.05) is 30.0 Å². The molecule has 0 aliphatic carbocycles. The highest BCUT2D eigenvalue weighted by atomic mass is 35.5. The molecular formula is C20H19ClN2O5. The van der Waals surface area contributed by atoms with E-state index in [4.69, 9.17) is 25.8 Å². The van der Waals surface area contributed by atoms with Crippen molar-refractivity contribution in [3.8, 4) is 17.2 Å². The van der Waals surface area contributed by atoms with E-state index in [-0.39, 0.29) is 18.4 Å². The van der Waals surface area contributed by atoms with Crippen LogP contribution in [0, 0.1) is 0 Å². The molecule has 0 bridgehead atoms. The fraction of sp³-hybridized carbons (Fsp3) is 0.300. The van der Waals surface area contributed by atoms with Crippen molar-refractivity contribution in [1.29, 1.82) is 0 Å². The van der Waals surface area contributed by atoms with Gasteiger partial charge in [0.05, 0.1) is 29.6 Å². The highest BCUT2D eigenvalue weighted by Gasteiger charge is 2.32. The van der Waals surface area contributed by atoms with Gasteiger partial charge in [0.25, 0.3) is 5.91 Å². The molecule has 2 amide bonds. The van der Waals surface area contributed by atoms with E-state index in [2.05, 4.69) is 5.32 Å². The fourth-order valence-corrected chi connectivity index (χ4v) is 3.34. The SMILES string of the molecule is CC1Oc2ccccc2N(CC(=O)Nc2cc3c(cc2Cl)OCCCO3)C1=O. The van der Waals surface area contributed by atoms with Crippen molar-refractivity contribution in [3.05, 3.63) is 41.4 Å². The van der Waals surface area contributed by atoms with Crippen LogP contribution in [-0.2, 0) is 9.59 Å². The zero-order valence-corrected chi connectivity index (χ0v) is 16.0. The molecule has 2 aliphatic rings. The van der Waals surface area contributed by atoms with E-state index in [0.29, 0.717) is 46.9 Å². The second-order valence-corrected chi connectivity index (χ2v) is 6.94. The normalized spacial score (nSPS) is 18.0. The number of carbonyl (C=O) groups excluding carboxylic acids is 2. The van der Waals surface area contributed by atoms with Crippen LogP contribution in [0.2, 0.25) is 5.02 Å². The van der Waals surface area contributed by atoms with Gasteiger partial charge in [-0.1, -0.05) is 23.7 Å². The monoisotopic (exact) mass is 402 g/mol. The molecule has 2 heterocycles. The number of amides is 2. The van der Waals surface area contributed by atoms with Gasteiger partial charge in [0.1, 0.15) is 12.3 Å². The molecule has 0 spiro atoms. The Bertz CT molecular complexity index is 933. The van der Waals surface area contributed by atoms with E-state index < -0.39 is 6.10 Å². The van der Waals surface area contributed by atoms with Crippen LogP contribution in [0.15, 0.2) is 36.4 Å². The smallest absolute Gasteiger partial charge is 0.268 e. The lowest BCUT2D eigenvalue weighted by Crippen LogP contribution is -2.47. The summed E-state index contributed by atoms with van der Waals surface area (Å²) in [4.78, 5) is 26.6. The number of ether oxygens (including phenoxy) is 3. The maximum atomic E-state index is 12.7. The zero-order valence-electron chi connectivity index (χ0n) is 15.2. The maximum absolute atomic E-state index is 12.7. The Labute approximate surface area is 167 Å². The molecule has 0 saturated carbocycles. The first-order chi connectivity index (χ1) is 13.5. The van der Waals surface area contributed by atoms with Crippen molar-refractivity contribution in [1.82, 2.24) is 0 Å². The molecule has 0 radical (unpaired) electrons. The molecule has 0 aromatic heterocycles. The van der Waals surface area contributed by atoms with Crippen molar-refractivity contribution in [3.63, 3.8) is 0 Å². The van der Waals surface area contributed by atoms with Gasteiger partial charge in [-0.05, 0) is 19.1 Å². The quantitative estimate of drug-likeness (QED) is 0.852. The average Bonchev–Trinajstić information content (AvgIpc) is 2.90. The Balaban J connectivity index is 1.53. The summed E-state index contributed by atoms with van der Waals surface area (Å²) in [5.41, 5.74) is 0.962. The number of nitrogens with one attached hydrogen (secondary N) is 1. The minimum absolute atomic E-state index is 0.158. The molecule has 1 unspecified atom stereocenters. The average molecular weight is 403 g/mol. The number of anilines is 2. The van der Waals surface area contributed by atoms with E-state index in [1.54, 1.807) is 37.3 Å². The molecular weight excluding hydrogens is 384 g/mol. The second-order valence-electron chi connectivity index (χ2n) is 6.53. The summed E-state index contributed by atoms with van der Waals surface area (Å²) in [5.74, 6) is 0.980. The van der Waals surface area contributed by atoms with Crippen LogP contribution in [0.5, 0.6) is 17.2 Å². The minimum atomic E-state index is -0.663. The molecule has 2 aromatic carbocycles. The van der Waals surface area contributed by atoms with Crippen LogP contribution >= 0.6 is 11.6 Å². The van der Waals surface area contributed by atoms with E-state index in [9.17, 15) is 9.59 Å². The summed E-state index contributed by atoms with van der Waals surface area (Å²) in [6, 6.07) is 10.4. The van der Waals surface area contributed by atoms with Crippen molar-refractivity contribution >= 4 is 34.8 Å². The first-order valence-electron chi connectivity index (χ1n) is 8.99. The molecule has 0 saturated heterocycles. The van der Waals surface area contributed by atoms with Crippen molar-refractivity contribution in [2.24, 2.45) is 0 Å². The summed E-state index contributed by atoms with van der Waals surface area (Å²) >= 11 is 6.28. The molecule has 8 heteroatoms. The Morgan fingerprint density at radius 2 is 1.89 bits per heavy atom. The molecule has 28 heavy (non-hydrogen) atoms. The minimum Gasteiger partial charge on any atom is -0.490 e. The highest BCUT2D eigenvalue weighted by molar-refractivity contribution is 6.34. The van der Waals surface area contributed by atoms with Gasteiger partial charge in [-0.2, -0.15) is 0 Å². The van der Waals surface area contributed by atoms with Gasteiger partial charge < -0.3 is 19.5 Å². The van der Waals surface area contributed by atoms with E-state index in [1.807, 2.05) is 6.07 Å². The predicted octanol–water partition coefficient (Wildman–Crippen LogP) is 3.25. The third kappa shape index (κ3) is 3.57. The van der Waals surface area contributed by atoms with E-state index in [0.717, 1.165) is 6.42 Å². The summed E-state index contributed by atoms with van der Waals surface area (Å²) in [7, 11) is 0. The van der Waals surface area contributed by atoms with Gasteiger partial charge in [0, 0.05) is 18.6 Å². The largest absolute Gasteiger partial charge is 0.490 e. The highest BCUT2D eigenvalue weighted by Crippen LogP contribution is 2.38. The lowest BCUT2D eigenvalue weighted by Gasteiger charge is -2.32. The third-order valence-corrected chi connectivity index (χ3v) is 4.80. The Hall–Kier alpha value is -2.93. The second kappa shape index (κ2) is 7.59. The first kappa shape index (κ1) is 18.4. The Morgan fingerprint density at radius 3 is 2.68 bits per heavy atom.